The lowest BCUT2D eigenvalue weighted by atomic mass is 10.0. The molecule has 0 aromatic heterocycles. The van der Waals surface area contributed by atoms with E-state index in [2.05, 4.69) is 32.6 Å². The van der Waals surface area contributed by atoms with Gasteiger partial charge in [-0.05, 0) is 39.4 Å². The summed E-state index contributed by atoms with van der Waals surface area (Å²) in [4.78, 5) is 0. The van der Waals surface area contributed by atoms with Gasteiger partial charge < -0.3 is 4.43 Å². The van der Waals surface area contributed by atoms with Crippen molar-refractivity contribution in [1.29, 1.82) is 5.26 Å². The van der Waals surface area contributed by atoms with Crippen LogP contribution in [0.25, 0.3) is 0 Å². The molecule has 0 aliphatic rings. The Morgan fingerprint density at radius 3 is 2.21 bits per heavy atom. The summed E-state index contributed by atoms with van der Waals surface area (Å²) in [7, 11) is -1.60. The molecule has 1 unspecified atom stereocenters. The van der Waals surface area contributed by atoms with Gasteiger partial charge in [0, 0.05) is 0 Å². The summed E-state index contributed by atoms with van der Waals surface area (Å²) in [5.74, 6) is 0. The lowest BCUT2D eigenvalue weighted by molar-refractivity contribution is 0.126. The van der Waals surface area contributed by atoms with E-state index in [1.54, 1.807) is 0 Å². The molecule has 1 atom stereocenters. The van der Waals surface area contributed by atoms with Crippen LogP contribution in [-0.4, -0.2) is 13.9 Å². The van der Waals surface area contributed by atoms with Crippen molar-refractivity contribution in [3.63, 3.8) is 0 Å². The van der Waals surface area contributed by atoms with Crippen LogP contribution in [-0.2, 0) is 4.43 Å². The highest BCUT2D eigenvalue weighted by Gasteiger charge is 2.30. The van der Waals surface area contributed by atoms with Crippen molar-refractivity contribution >= 4 is 8.32 Å². The van der Waals surface area contributed by atoms with Gasteiger partial charge in [0.1, 0.15) is 5.60 Å². The van der Waals surface area contributed by atoms with Crippen LogP contribution in [0, 0.1) is 11.3 Å². The van der Waals surface area contributed by atoms with Crippen molar-refractivity contribution in [1.82, 2.24) is 0 Å². The largest absolute Gasteiger partial charge is 0.400 e. The lowest BCUT2D eigenvalue weighted by Gasteiger charge is -2.30. The van der Waals surface area contributed by atoms with Crippen LogP contribution in [0.15, 0.2) is 0 Å². The Labute approximate surface area is 89.4 Å². The molecule has 0 heterocycles. The highest BCUT2D eigenvalue weighted by molar-refractivity contribution is 6.69. The number of nitrogens with zero attached hydrogens (tertiary/aromatic N) is 1. The minimum atomic E-state index is -1.60. The van der Waals surface area contributed by atoms with Crippen LogP contribution >= 0.6 is 0 Å². The lowest BCUT2D eigenvalue weighted by Crippen LogP contribution is -2.39. The van der Waals surface area contributed by atoms with Crippen molar-refractivity contribution in [3.8, 4) is 6.07 Å². The fraction of sp³-hybridized carbons (Fsp3) is 0.909. The van der Waals surface area contributed by atoms with Crippen molar-refractivity contribution in [2.75, 3.05) is 0 Å². The van der Waals surface area contributed by atoms with Crippen molar-refractivity contribution in [2.24, 2.45) is 0 Å². The topological polar surface area (TPSA) is 33.0 Å². The summed E-state index contributed by atoms with van der Waals surface area (Å²) in [6.45, 7) is 10.5. The molecule has 3 heteroatoms. The molecular formula is C11H23NOSi. The maximum Gasteiger partial charge on any atom is 0.185 e. The van der Waals surface area contributed by atoms with E-state index >= 15 is 0 Å². The molecule has 0 amide bonds. The molecule has 0 aliphatic carbocycles. The molecule has 0 N–H and O–H groups in total. The zero-order valence-corrected chi connectivity index (χ0v) is 11.2. The van der Waals surface area contributed by atoms with E-state index in [9.17, 15) is 0 Å². The van der Waals surface area contributed by atoms with E-state index in [0.29, 0.717) is 0 Å². The molecule has 0 aromatic carbocycles. The quantitative estimate of drug-likeness (QED) is 0.498. The average molecular weight is 213 g/mol. The van der Waals surface area contributed by atoms with Gasteiger partial charge in [-0.15, -0.1) is 0 Å². The molecule has 0 saturated heterocycles. The minimum Gasteiger partial charge on any atom is -0.400 e. The Morgan fingerprint density at radius 2 is 1.86 bits per heavy atom. The molecular weight excluding hydrogens is 190 g/mol. The van der Waals surface area contributed by atoms with Gasteiger partial charge in [-0.3, -0.25) is 0 Å². The Balaban J connectivity index is 4.14. The molecule has 82 valence electrons. The molecule has 0 radical (unpaired) electrons. The molecule has 0 bridgehead atoms. The van der Waals surface area contributed by atoms with Gasteiger partial charge in [0.25, 0.3) is 0 Å². The van der Waals surface area contributed by atoms with Gasteiger partial charge >= 0.3 is 0 Å². The molecule has 0 fully saturated rings. The van der Waals surface area contributed by atoms with Gasteiger partial charge in [-0.1, -0.05) is 19.8 Å². The van der Waals surface area contributed by atoms with E-state index in [4.69, 9.17) is 9.69 Å². The second-order valence-corrected chi connectivity index (χ2v) is 9.44. The maximum atomic E-state index is 9.10. The Bertz CT molecular complexity index is 204. The summed E-state index contributed by atoms with van der Waals surface area (Å²) in [6, 6.07) is 2.31. The number of nitriles is 1. The van der Waals surface area contributed by atoms with Crippen LogP contribution in [0.2, 0.25) is 19.6 Å². The third-order valence-electron chi connectivity index (χ3n) is 2.03. The zero-order valence-electron chi connectivity index (χ0n) is 10.2. The Morgan fingerprint density at radius 1 is 1.29 bits per heavy atom. The summed E-state index contributed by atoms with van der Waals surface area (Å²) >= 11 is 0. The first kappa shape index (κ1) is 13.7. The van der Waals surface area contributed by atoms with Crippen molar-refractivity contribution in [2.45, 2.75) is 64.8 Å². The standard InChI is InChI=1S/C11H23NOSi/c1-6-7-8-9-11(2,10-12)13-14(3,4)5/h6-9H2,1-5H3. The van der Waals surface area contributed by atoms with Crippen LogP contribution in [0.3, 0.4) is 0 Å². The van der Waals surface area contributed by atoms with Crippen molar-refractivity contribution < 1.29 is 4.43 Å². The molecule has 14 heavy (non-hydrogen) atoms. The van der Waals surface area contributed by atoms with Crippen molar-refractivity contribution in [3.05, 3.63) is 0 Å². The number of hydrogen-bond donors (Lipinski definition) is 0. The first-order chi connectivity index (χ1) is 6.33. The molecule has 0 saturated carbocycles. The van der Waals surface area contributed by atoms with Crippen LogP contribution < -0.4 is 0 Å². The fourth-order valence-electron chi connectivity index (χ4n) is 1.52. The van der Waals surface area contributed by atoms with E-state index < -0.39 is 13.9 Å². The predicted molar refractivity (Wildman–Crippen MR) is 62.6 cm³/mol. The Kier molecular flexibility index (Phi) is 5.39. The number of hydrogen-bond acceptors (Lipinski definition) is 2. The van der Waals surface area contributed by atoms with Gasteiger partial charge in [-0.2, -0.15) is 5.26 Å². The molecule has 0 spiro atoms. The average Bonchev–Trinajstić information content (AvgIpc) is 2.02. The van der Waals surface area contributed by atoms with Gasteiger partial charge in [0.2, 0.25) is 0 Å². The highest BCUT2D eigenvalue weighted by atomic mass is 28.4. The summed E-state index contributed by atoms with van der Waals surface area (Å²) in [5.41, 5.74) is -0.556. The second kappa shape index (κ2) is 5.52. The fourth-order valence-corrected chi connectivity index (χ4v) is 3.02. The third-order valence-corrected chi connectivity index (χ3v) is 3.09. The molecule has 0 aliphatic heterocycles. The SMILES string of the molecule is CCCCCC(C)(C#N)O[Si](C)(C)C. The summed E-state index contributed by atoms with van der Waals surface area (Å²) < 4.78 is 5.90. The summed E-state index contributed by atoms with van der Waals surface area (Å²) in [5, 5.41) is 9.10. The number of unbranched alkanes of at least 4 members (excludes halogenated alkanes) is 2. The van der Waals surface area contributed by atoms with Gasteiger partial charge in [0.05, 0.1) is 6.07 Å². The second-order valence-electron chi connectivity index (χ2n) is 5.01. The van der Waals surface area contributed by atoms with E-state index in [1.807, 2.05) is 6.92 Å². The molecule has 0 aromatic rings. The van der Waals surface area contributed by atoms with Gasteiger partial charge in [-0.25, -0.2) is 0 Å². The van der Waals surface area contributed by atoms with Crippen LogP contribution in [0.4, 0.5) is 0 Å². The highest BCUT2D eigenvalue weighted by Crippen LogP contribution is 2.23. The van der Waals surface area contributed by atoms with Gasteiger partial charge in [0.15, 0.2) is 8.32 Å². The number of rotatable bonds is 6. The smallest absolute Gasteiger partial charge is 0.185 e. The Hall–Kier alpha value is -0.333. The minimum absolute atomic E-state index is 0.556. The van der Waals surface area contributed by atoms with Crippen LogP contribution in [0.1, 0.15) is 39.5 Å². The first-order valence-corrected chi connectivity index (χ1v) is 8.85. The predicted octanol–water partition coefficient (Wildman–Crippen LogP) is 3.70. The van der Waals surface area contributed by atoms with E-state index in [0.717, 1.165) is 12.8 Å². The monoisotopic (exact) mass is 213 g/mol. The normalized spacial score (nSPS) is 16.0. The third kappa shape index (κ3) is 6.17. The maximum absolute atomic E-state index is 9.10. The summed E-state index contributed by atoms with van der Waals surface area (Å²) in [6.07, 6.45) is 4.33. The molecule has 0 rings (SSSR count). The first-order valence-electron chi connectivity index (χ1n) is 5.44. The van der Waals surface area contributed by atoms with E-state index in [-0.39, 0.29) is 0 Å². The van der Waals surface area contributed by atoms with Crippen LogP contribution in [0.5, 0.6) is 0 Å². The zero-order chi connectivity index (χ0) is 11.2. The van der Waals surface area contributed by atoms with E-state index in [1.165, 1.54) is 12.8 Å². The molecule has 2 nitrogen and oxygen atoms in total.